The van der Waals surface area contributed by atoms with Crippen LogP contribution in [0.25, 0.3) is 0 Å². The van der Waals surface area contributed by atoms with E-state index in [0.29, 0.717) is 29.4 Å². The Kier molecular flexibility index (Phi) is 7.16. The number of anilines is 1. The molecule has 2 aromatic rings. The van der Waals surface area contributed by atoms with Crippen molar-refractivity contribution in [3.05, 3.63) is 53.1 Å². The molecule has 1 aliphatic heterocycles. The van der Waals surface area contributed by atoms with E-state index < -0.39 is 15.9 Å². The van der Waals surface area contributed by atoms with Gasteiger partial charge in [0.25, 0.3) is 0 Å². The topological polar surface area (TPSA) is 122 Å². The van der Waals surface area contributed by atoms with Gasteiger partial charge in [-0.05, 0) is 42.5 Å². The molecule has 9 nitrogen and oxygen atoms in total. The van der Waals surface area contributed by atoms with Crippen molar-refractivity contribution in [1.29, 1.82) is 0 Å². The zero-order valence-corrected chi connectivity index (χ0v) is 18.4. The minimum absolute atomic E-state index is 0.0214. The van der Waals surface area contributed by atoms with Crippen molar-refractivity contribution in [2.45, 2.75) is 4.90 Å². The summed E-state index contributed by atoms with van der Waals surface area (Å²) >= 11 is 5.98. The molecule has 1 saturated heterocycles. The SMILES string of the molecule is COc1ccc(Cl)cc1S(=O)(=O)N1CCN(CC(=O)Nc2ccc(C(N)=O)cc2)CC1. The molecule has 0 radical (unpaired) electrons. The summed E-state index contributed by atoms with van der Waals surface area (Å²) in [5, 5.41) is 3.05. The van der Waals surface area contributed by atoms with Crippen molar-refractivity contribution in [3.63, 3.8) is 0 Å². The molecule has 3 rings (SSSR count). The molecule has 0 aromatic heterocycles. The number of ether oxygens (including phenoxy) is 1. The number of hydrogen-bond donors (Lipinski definition) is 2. The number of carbonyl (C=O) groups is 2. The molecule has 31 heavy (non-hydrogen) atoms. The molecule has 0 unspecified atom stereocenters. The molecular formula is C20H23ClN4O5S. The summed E-state index contributed by atoms with van der Waals surface area (Å²) in [6.07, 6.45) is 0. The van der Waals surface area contributed by atoms with Gasteiger partial charge in [-0.15, -0.1) is 0 Å². The highest BCUT2D eigenvalue weighted by atomic mass is 35.5. The second kappa shape index (κ2) is 9.65. The van der Waals surface area contributed by atoms with Crippen LogP contribution in [-0.4, -0.2) is 69.3 Å². The number of rotatable bonds is 7. The first-order valence-electron chi connectivity index (χ1n) is 9.46. The second-order valence-electron chi connectivity index (χ2n) is 6.97. The summed E-state index contributed by atoms with van der Waals surface area (Å²) < 4.78 is 32.6. The third-order valence-electron chi connectivity index (χ3n) is 4.90. The predicted octanol–water partition coefficient (Wildman–Crippen LogP) is 1.39. The summed E-state index contributed by atoms with van der Waals surface area (Å²) in [6, 6.07) is 10.7. The normalized spacial score (nSPS) is 15.4. The van der Waals surface area contributed by atoms with Gasteiger partial charge in [-0.25, -0.2) is 8.42 Å². The van der Waals surface area contributed by atoms with Gasteiger partial charge >= 0.3 is 0 Å². The summed E-state index contributed by atoms with van der Waals surface area (Å²) in [5.41, 5.74) is 6.10. The Hall–Kier alpha value is -2.66. The number of nitrogens with one attached hydrogen (secondary N) is 1. The van der Waals surface area contributed by atoms with Crippen LogP contribution in [-0.2, 0) is 14.8 Å². The van der Waals surface area contributed by atoms with Gasteiger partial charge in [-0.1, -0.05) is 11.6 Å². The summed E-state index contributed by atoms with van der Waals surface area (Å²) in [4.78, 5) is 25.3. The first-order valence-corrected chi connectivity index (χ1v) is 11.3. The number of primary amides is 1. The molecule has 0 atom stereocenters. The maximum Gasteiger partial charge on any atom is 0.248 e. The number of methoxy groups -OCH3 is 1. The van der Waals surface area contributed by atoms with Gasteiger partial charge in [-0.2, -0.15) is 4.31 Å². The lowest BCUT2D eigenvalue weighted by molar-refractivity contribution is -0.117. The van der Waals surface area contributed by atoms with Crippen LogP contribution >= 0.6 is 11.6 Å². The Morgan fingerprint density at radius 2 is 1.74 bits per heavy atom. The van der Waals surface area contributed by atoms with Crippen molar-refractivity contribution in [2.75, 3.05) is 45.2 Å². The van der Waals surface area contributed by atoms with Crippen molar-refractivity contribution in [1.82, 2.24) is 9.21 Å². The minimum atomic E-state index is -3.78. The Morgan fingerprint density at radius 3 is 2.32 bits per heavy atom. The van der Waals surface area contributed by atoms with E-state index in [1.807, 2.05) is 4.90 Å². The van der Waals surface area contributed by atoms with Gasteiger partial charge in [0.05, 0.1) is 13.7 Å². The van der Waals surface area contributed by atoms with E-state index in [1.165, 1.54) is 35.7 Å². The quantitative estimate of drug-likeness (QED) is 0.635. The molecule has 166 valence electrons. The molecule has 3 N–H and O–H groups in total. The van der Waals surface area contributed by atoms with Crippen LogP contribution in [0.15, 0.2) is 47.4 Å². The lowest BCUT2D eigenvalue weighted by Gasteiger charge is -2.33. The molecule has 2 aromatic carbocycles. The van der Waals surface area contributed by atoms with E-state index in [1.54, 1.807) is 18.2 Å². The molecule has 1 fully saturated rings. The van der Waals surface area contributed by atoms with E-state index in [4.69, 9.17) is 22.1 Å². The number of piperazine rings is 1. The lowest BCUT2D eigenvalue weighted by Crippen LogP contribution is -2.50. The fraction of sp³-hybridized carbons (Fsp3) is 0.300. The number of hydrogen-bond acceptors (Lipinski definition) is 6. The van der Waals surface area contributed by atoms with E-state index >= 15 is 0 Å². The monoisotopic (exact) mass is 466 g/mol. The Labute approximate surface area is 185 Å². The zero-order chi connectivity index (χ0) is 22.6. The first kappa shape index (κ1) is 23.0. The number of halogens is 1. The van der Waals surface area contributed by atoms with Gasteiger partial charge < -0.3 is 15.8 Å². The van der Waals surface area contributed by atoms with Crippen LogP contribution in [0, 0.1) is 0 Å². The van der Waals surface area contributed by atoms with Crippen LogP contribution in [0.4, 0.5) is 5.69 Å². The highest BCUT2D eigenvalue weighted by Crippen LogP contribution is 2.30. The van der Waals surface area contributed by atoms with Crippen molar-refractivity contribution < 1.29 is 22.7 Å². The molecule has 0 spiro atoms. The molecule has 11 heteroatoms. The summed E-state index contributed by atoms with van der Waals surface area (Å²) in [6.45, 7) is 1.38. The summed E-state index contributed by atoms with van der Waals surface area (Å²) in [7, 11) is -2.38. The number of nitrogens with two attached hydrogens (primary N) is 1. The van der Waals surface area contributed by atoms with Gasteiger partial charge in [0.1, 0.15) is 10.6 Å². The Balaban J connectivity index is 1.57. The highest BCUT2D eigenvalue weighted by Gasteiger charge is 2.31. The number of carbonyl (C=O) groups excluding carboxylic acids is 2. The van der Waals surface area contributed by atoms with E-state index in [2.05, 4.69) is 5.32 Å². The van der Waals surface area contributed by atoms with Crippen molar-refractivity contribution >= 4 is 39.1 Å². The minimum Gasteiger partial charge on any atom is -0.495 e. The molecule has 2 amide bonds. The maximum absolute atomic E-state index is 13.0. The van der Waals surface area contributed by atoms with Crippen LogP contribution in [0.3, 0.4) is 0 Å². The summed E-state index contributed by atoms with van der Waals surface area (Å²) in [5.74, 6) is -0.547. The van der Waals surface area contributed by atoms with Gasteiger partial charge in [-0.3, -0.25) is 14.5 Å². The lowest BCUT2D eigenvalue weighted by atomic mass is 10.2. The van der Waals surface area contributed by atoms with Crippen molar-refractivity contribution in [2.24, 2.45) is 5.73 Å². The number of nitrogens with zero attached hydrogens (tertiary/aromatic N) is 2. The highest BCUT2D eigenvalue weighted by molar-refractivity contribution is 7.89. The van der Waals surface area contributed by atoms with Gasteiger partial charge in [0.15, 0.2) is 0 Å². The van der Waals surface area contributed by atoms with Crippen LogP contribution in [0.1, 0.15) is 10.4 Å². The first-order chi connectivity index (χ1) is 14.7. The molecule has 0 saturated carbocycles. The van der Waals surface area contributed by atoms with Crippen LogP contribution in [0.5, 0.6) is 5.75 Å². The largest absolute Gasteiger partial charge is 0.495 e. The van der Waals surface area contributed by atoms with Crippen LogP contribution in [0.2, 0.25) is 5.02 Å². The maximum atomic E-state index is 13.0. The van der Waals surface area contributed by atoms with E-state index in [0.717, 1.165) is 0 Å². The second-order valence-corrected chi connectivity index (χ2v) is 9.31. The molecular weight excluding hydrogens is 444 g/mol. The predicted molar refractivity (Wildman–Crippen MR) is 117 cm³/mol. The Morgan fingerprint density at radius 1 is 1.10 bits per heavy atom. The molecule has 1 heterocycles. The van der Waals surface area contributed by atoms with E-state index in [-0.39, 0.29) is 36.2 Å². The fourth-order valence-corrected chi connectivity index (χ4v) is 5.08. The average molecular weight is 467 g/mol. The average Bonchev–Trinajstić information content (AvgIpc) is 2.74. The Bertz CT molecular complexity index is 1070. The van der Waals surface area contributed by atoms with Gasteiger partial charge in [0, 0.05) is 42.5 Å². The number of amides is 2. The standard InChI is InChI=1S/C20H23ClN4O5S/c1-30-17-7-4-15(21)12-18(17)31(28,29)25-10-8-24(9-11-25)13-19(26)23-16-5-2-14(3-6-16)20(22)27/h2-7,12H,8-11,13H2,1H3,(H2,22,27)(H,23,26). The zero-order valence-electron chi connectivity index (χ0n) is 16.9. The third kappa shape index (κ3) is 5.53. The smallest absolute Gasteiger partial charge is 0.248 e. The molecule has 1 aliphatic rings. The molecule has 0 aliphatic carbocycles. The number of sulfonamides is 1. The van der Waals surface area contributed by atoms with Crippen LogP contribution < -0.4 is 15.8 Å². The number of benzene rings is 2. The fourth-order valence-electron chi connectivity index (χ4n) is 3.24. The van der Waals surface area contributed by atoms with Crippen molar-refractivity contribution in [3.8, 4) is 5.75 Å². The third-order valence-corrected chi connectivity index (χ3v) is 7.05. The molecule has 0 bridgehead atoms. The van der Waals surface area contributed by atoms with E-state index in [9.17, 15) is 18.0 Å². The van der Waals surface area contributed by atoms with Gasteiger partial charge in [0.2, 0.25) is 21.8 Å².